The predicted octanol–water partition coefficient (Wildman–Crippen LogP) is 0.823. The molecule has 0 saturated heterocycles. The smallest absolute Gasteiger partial charge is 0.154 e. The van der Waals surface area contributed by atoms with E-state index < -0.39 is 5.03 Å². The van der Waals surface area contributed by atoms with Crippen LogP contribution in [0.1, 0.15) is 0 Å². The van der Waals surface area contributed by atoms with Crippen LogP contribution in [0.5, 0.6) is 0 Å². The molecule has 1 rings (SSSR count). The molecule has 4 heteroatoms. The SMILES string of the molecule is N[N+](=O)[O-].c1ccccc1. The van der Waals surface area contributed by atoms with Crippen LogP contribution in [0.3, 0.4) is 0 Å². The minimum atomic E-state index is -1.00. The van der Waals surface area contributed by atoms with Gasteiger partial charge < -0.3 is 0 Å². The number of rotatable bonds is 0. The molecule has 4 nitrogen and oxygen atoms in total. The quantitative estimate of drug-likeness (QED) is 0.329. The van der Waals surface area contributed by atoms with Gasteiger partial charge in [-0.1, -0.05) is 36.4 Å². The van der Waals surface area contributed by atoms with Gasteiger partial charge in [-0.05, 0) is 0 Å². The summed E-state index contributed by atoms with van der Waals surface area (Å²) in [5, 5.41) is 7.58. The zero-order chi connectivity index (χ0) is 7.82. The summed E-state index contributed by atoms with van der Waals surface area (Å²) in [5.41, 5.74) is 0. The molecular formula is C6H8N2O2. The Morgan fingerprint density at radius 2 is 1.10 bits per heavy atom. The third-order valence-corrected chi connectivity index (χ3v) is 0.667. The Balaban J connectivity index is 0.000000180. The van der Waals surface area contributed by atoms with E-state index in [2.05, 4.69) is 5.84 Å². The van der Waals surface area contributed by atoms with Gasteiger partial charge in [-0.15, -0.1) is 0 Å². The maximum atomic E-state index is 8.58. The number of hydrogen-bond acceptors (Lipinski definition) is 2. The Labute approximate surface area is 58.4 Å². The number of nitrogens with two attached hydrogens (primary N) is 1. The molecule has 1 aromatic rings. The van der Waals surface area contributed by atoms with E-state index in [4.69, 9.17) is 10.1 Å². The van der Waals surface area contributed by atoms with Gasteiger partial charge in [0.2, 0.25) is 0 Å². The van der Waals surface area contributed by atoms with Crippen LogP contribution < -0.4 is 5.84 Å². The Kier molecular flexibility index (Phi) is 4.68. The highest BCUT2D eigenvalue weighted by atomic mass is 16.7. The summed E-state index contributed by atoms with van der Waals surface area (Å²) < 4.78 is 0. The monoisotopic (exact) mass is 140 g/mol. The number of hydrogen-bond donors (Lipinski definition) is 1. The maximum absolute atomic E-state index is 8.58. The molecule has 0 bridgehead atoms. The summed E-state index contributed by atoms with van der Waals surface area (Å²) in [4.78, 5) is 8.58. The molecule has 2 N–H and O–H groups in total. The van der Waals surface area contributed by atoms with Crippen molar-refractivity contribution in [1.82, 2.24) is 0 Å². The number of hydrazine groups is 1. The second-order valence-electron chi connectivity index (χ2n) is 1.44. The van der Waals surface area contributed by atoms with E-state index in [-0.39, 0.29) is 0 Å². The van der Waals surface area contributed by atoms with Crippen LogP contribution in [0.25, 0.3) is 0 Å². The number of benzene rings is 1. The van der Waals surface area contributed by atoms with Gasteiger partial charge in [-0.2, -0.15) is 5.84 Å². The molecule has 0 aliphatic rings. The lowest BCUT2D eigenvalue weighted by molar-refractivity contribution is -0.491. The van der Waals surface area contributed by atoms with Gasteiger partial charge in [-0.3, -0.25) is 0 Å². The fraction of sp³-hybridized carbons (Fsp3) is 0. The minimum Gasteiger partial charge on any atom is -0.235 e. The van der Waals surface area contributed by atoms with Crippen molar-refractivity contribution >= 4 is 0 Å². The highest BCUT2D eigenvalue weighted by Crippen LogP contribution is 1.79. The Hall–Kier alpha value is -1.58. The molecule has 54 valence electrons. The average Bonchev–Trinajstić information content (AvgIpc) is 1.90. The molecule has 0 heterocycles. The second-order valence-corrected chi connectivity index (χ2v) is 1.44. The summed E-state index contributed by atoms with van der Waals surface area (Å²) in [7, 11) is 0. The zero-order valence-electron chi connectivity index (χ0n) is 5.31. The van der Waals surface area contributed by atoms with Crippen LogP contribution in [-0.2, 0) is 0 Å². The Morgan fingerprint density at radius 3 is 1.20 bits per heavy atom. The lowest BCUT2D eigenvalue weighted by Gasteiger charge is -1.69. The van der Waals surface area contributed by atoms with Crippen LogP contribution in [-0.4, -0.2) is 5.03 Å². The van der Waals surface area contributed by atoms with E-state index in [9.17, 15) is 0 Å². The fourth-order valence-corrected chi connectivity index (χ4v) is 0.385. The summed E-state index contributed by atoms with van der Waals surface area (Å²) in [6.45, 7) is 0. The van der Waals surface area contributed by atoms with Crippen LogP contribution in [0.2, 0.25) is 0 Å². The first-order valence-electron chi connectivity index (χ1n) is 2.62. The van der Waals surface area contributed by atoms with Crippen molar-refractivity contribution in [3.8, 4) is 0 Å². The largest absolute Gasteiger partial charge is 0.235 e. The lowest BCUT2D eigenvalue weighted by atomic mass is 10.4. The van der Waals surface area contributed by atoms with E-state index in [1.54, 1.807) is 0 Å². The average molecular weight is 140 g/mol. The van der Waals surface area contributed by atoms with E-state index in [0.717, 1.165) is 0 Å². The first kappa shape index (κ1) is 8.42. The van der Waals surface area contributed by atoms with Crippen molar-refractivity contribution in [3.05, 3.63) is 46.5 Å². The maximum Gasteiger partial charge on any atom is 0.154 e. The zero-order valence-corrected chi connectivity index (χ0v) is 5.31. The van der Waals surface area contributed by atoms with Crippen molar-refractivity contribution in [1.29, 1.82) is 0 Å². The van der Waals surface area contributed by atoms with Gasteiger partial charge in [0, 0.05) is 0 Å². The first-order valence-corrected chi connectivity index (χ1v) is 2.62. The van der Waals surface area contributed by atoms with Crippen LogP contribution in [0.4, 0.5) is 0 Å². The molecule has 0 amide bonds. The molecule has 0 aliphatic carbocycles. The van der Waals surface area contributed by atoms with Gasteiger partial charge in [0.1, 0.15) is 0 Å². The van der Waals surface area contributed by atoms with Crippen molar-refractivity contribution in [2.24, 2.45) is 5.84 Å². The van der Waals surface area contributed by atoms with Crippen molar-refractivity contribution in [3.63, 3.8) is 0 Å². The van der Waals surface area contributed by atoms with Gasteiger partial charge in [0.25, 0.3) is 0 Å². The van der Waals surface area contributed by atoms with Crippen molar-refractivity contribution in [2.75, 3.05) is 0 Å². The molecule has 0 unspecified atom stereocenters. The van der Waals surface area contributed by atoms with Crippen LogP contribution >= 0.6 is 0 Å². The van der Waals surface area contributed by atoms with Gasteiger partial charge in [0.15, 0.2) is 5.03 Å². The second kappa shape index (κ2) is 5.55. The minimum absolute atomic E-state index is 1.00. The summed E-state index contributed by atoms with van der Waals surface area (Å²) in [6, 6.07) is 12.0. The number of nitrogens with zero attached hydrogens (tertiary/aromatic N) is 1. The molecule has 0 atom stereocenters. The molecule has 1 aromatic carbocycles. The molecule has 0 aliphatic heterocycles. The molecular weight excluding hydrogens is 132 g/mol. The van der Waals surface area contributed by atoms with E-state index in [1.165, 1.54) is 0 Å². The molecule has 0 radical (unpaired) electrons. The van der Waals surface area contributed by atoms with E-state index >= 15 is 0 Å². The normalized spacial score (nSPS) is 7.20. The van der Waals surface area contributed by atoms with Crippen molar-refractivity contribution < 1.29 is 5.03 Å². The molecule has 10 heavy (non-hydrogen) atoms. The molecule has 0 spiro atoms. The summed E-state index contributed by atoms with van der Waals surface area (Å²) in [6.07, 6.45) is 0. The number of nitro groups is 1. The van der Waals surface area contributed by atoms with Crippen molar-refractivity contribution in [2.45, 2.75) is 0 Å². The van der Waals surface area contributed by atoms with Gasteiger partial charge in [0.05, 0.1) is 0 Å². The molecule has 0 fully saturated rings. The fourth-order valence-electron chi connectivity index (χ4n) is 0.385. The van der Waals surface area contributed by atoms with Crippen LogP contribution in [0.15, 0.2) is 36.4 Å². The van der Waals surface area contributed by atoms with Gasteiger partial charge in [-0.25, -0.2) is 10.1 Å². The summed E-state index contributed by atoms with van der Waals surface area (Å²) >= 11 is 0. The Bertz CT molecular complexity index is 146. The van der Waals surface area contributed by atoms with E-state index in [0.29, 0.717) is 0 Å². The first-order chi connectivity index (χ1) is 4.73. The highest BCUT2D eigenvalue weighted by Gasteiger charge is 1.58. The molecule has 0 saturated carbocycles. The highest BCUT2D eigenvalue weighted by molar-refractivity contribution is 4.99. The predicted molar refractivity (Wildman–Crippen MR) is 37.6 cm³/mol. The topological polar surface area (TPSA) is 69.2 Å². The van der Waals surface area contributed by atoms with E-state index in [1.807, 2.05) is 36.4 Å². The Morgan fingerprint density at radius 1 is 1.00 bits per heavy atom. The van der Waals surface area contributed by atoms with Crippen LogP contribution in [0, 0.1) is 10.1 Å². The summed E-state index contributed by atoms with van der Waals surface area (Å²) in [5.74, 6) is 3.83. The standard InChI is InChI=1S/C6H6.H2N2O2/c1-2-4-6-5-3-1;1-2(3)4/h1-6H;1H2. The third kappa shape index (κ3) is 9.65. The lowest BCUT2D eigenvalue weighted by Crippen LogP contribution is -2.04. The third-order valence-electron chi connectivity index (χ3n) is 0.667. The van der Waals surface area contributed by atoms with Gasteiger partial charge >= 0.3 is 0 Å². The molecule has 0 aromatic heterocycles.